The third kappa shape index (κ3) is 4.91. The quantitative estimate of drug-likeness (QED) is 0.450. The number of benzene rings is 2. The van der Waals surface area contributed by atoms with Crippen molar-refractivity contribution in [2.75, 3.05) is 5.32 Å². The van der Waals surface area contributed by atoms with Crippen LogP contribution in [0.25, 0.3) is 0 Å². The fraction of sp³-hybridized carbons (Fsp3) is 0.222. The molecule has 6 heteroatoms. The van der Waals surface area contributed by atoms with Crippen molar-refractivity contribution >= 4 is 63.1 Å². The third-order valence-corrected chi connectivity index (χ3v) is 4.96. The second-order valence-electron chi connectivity index (χ2n) is 5.43. The van der Waals surface area contributed by atoms with Crippen LogP contribution < -0.4 is 10.6 Å². The molecule has 0 spiro atoms. The van der Waals surface area contributed by atoms with Crippen LogP contribution in [0.5, 0.6) is 0 Å². The molecule has 0 fully saturated rings. The first kappa shape index (κ1) is 19.1. The number of amides is 1. The lowest BCUT2D eigenvalue weighted by atomic mass is 9.97. The molecule has 1 amide bonds. The van der Waals surface area contributed by atoms with Crippen LogP contribution in [0.3, 0.4) is 0 Å². The van der Waals surface area contributed by atoms with Gasteiger partial charge in [-0.3, -0.25) is 10.1 Å². The number of anilines is 1. The number of nitrogens with one attached hydrogen (secondary N) is 2. The van der Waals surface area contributed by atoms with Gasteiger partial charge in [0, 0.05) is 9.26 Å². The topological polar surface area (TPSA) is 41.1 Å². The molecule has 2 N–H and O–H groups in total. The Morgan fingerprint density at radius 3 is 2.71 bits per heavy atom. The van der Waals surface area contributed by atoms with E-state index in [1.54, 1.807) is 12.1 Å². The highest BCUT2D eigenvalue weighted by Gasteiger charge is 2.14. The van der Waals surface area contributed by atoms with Crippen molar-refractivity contribution in [3.8, 4) is 0 Å². The molecule has 2 rings (SSSR count). The van der Waals surface area contributed by atoms with Crippen molar-refractivity contribution in [3.05, 3.63) is 62.2 Å². The maximum absolute atomic E-state index is 12.4. The average Bonchev–Trinajstić information content (AvgIpc) is 2.56. The summed E-state index contributed by atoms with van der Waals surface area (Å²) >= 11 is 13.5. The van der Waals surface area contributed by atoms with Crippen LogP contribution in [0, 0.1) is 3.57 Å². The number of thiocarbonyl (C=S) groups is 1. The van der Waals surface area contributed by atoms with E-state index in [2.05, 4.69) is 53.1 Å². The highest BCUT2D eigenvalue weighted by molar-refractivity contribution is 14.1. The Labute approximate surface area is 166 Å². The van der Waals surface area contributed by atoms with E-state index in [-0.39, 0.29) is 11.0 Å². The summed E-state index contributed by atoms with van der Waals surface area (Å²) in [6.07, 6.45) is 1.02. The number of hydrogen-bond donors (Lipinski definition) is 2. The van der Waals surface area contributed by atoms with Gasteiger partial charge in [-0.1, -0.05) is 43.6 Å². The summed E-state index contributed by atoms with van der Waals surface area (Å²) in [4.78, 5) is 12.4. The Hall–Kier alpha value is -1.18. The molecule has 0 unspecified atom stereocenters. The largest absolute Gasteiger partial charge is 0.332 e. The van der Waals surface area contributed by atoms with Crippen molar-refractivity contribution in [1.29, 1.82) is 0 Å². The van der Waals surface area contributed by atoms with Gasteiger partial charge in [-0.05, 0) is 77.0 Å². The van der Waals surface area contributed by atoms with Crippen LogP contribution in [-0.4, -0.2) is 11.0 Å². The van der Waals surface area contributed by atoms with E-state index in [4.69, 9.17) is 23.8 Å². The van der Waals surface area contributed by atoms with Gasteiger partial charge in [0.05, 0.1) is 10.6 Å². The number of carbonyl (C=O) groups excluding carboxylic acids is 1. The molecule has 0 aromatic heterocycles. The van der Waals surface area contributed by atoms with E-state index in [0.29, 0.717) is 16.5 Å². The predicted octanol–water partition coefficient (Wildman–Crippen LogP) is 5.58. The van der Waals surface area contributed by atoms with E-state index in [9.17, 15) is 4.79 Å². The summed E-state index contributed by atoms with van der Waals surface area (Å²) in [5.74, 6) is 0.0781. The number of halogens is 2. The molecule has 126 valence electrons. The smallest absolute Gasteiger partial charge is 0.258 e. The van der Waals surface area contributed by atoms with Gasteiger partial charge in [0.15, 0.2) is 5.11 Å². The van der Waals surface area contributed by atoms with Gasteiger partial charge in [0.2, 0.25) is 0 Å². The highest BCUT2D eigenvalue weighted by atomic mass is 127. The maximum atomic E-state index is 12.4. The van der Waals surface area contributed by atoms with Crippen LogP contribution in [0.15, 0.2) is 42.5 Å². The maximum Gasteiger partial charge on any atom is 0.258 e. The lowest BCUT2D eigenvalue weighted by molar-refractivity contribution is 0.0978. The summed E-state index contributed by atoms with van der Waals surface area (Å²) in [6.45, 7) is 4.30. The predicted molar refractivity (Wildman–Crippen MR) is 113 cm³/mol. The molecule has 0 bridgehead atoms. The second-order valence-corrected chi connectivity index (χ2v) is 7.49. The summed E-state index contributed by atoms with van der Waals surface area (Å²) in [7, 11) is 0. The average molecular weight is 473 g/mol. The van der Waals surface area contributed by atoms with E-state index >= 15 is 0 Å². The van der Waals surface area contributed by atoms with Crippen LogP contribution in [0.4, 0.5) is 5.69 Å². The van der Waals surface area contributed by atoms with E-state index in [1.807, 2.05) is 24.3 Å². The van der Waals surface area contributed by atoms with Gasteiger partial charge in [0.1, 0.15) is 0 Å². The number of hydrogen-bond acceptors (Lipinski definition) is 2. The molecule has 1 atom stereocenters. The fourth-order valence-corrected chi connectivity index (χ4v) is 3.15. The molecular formula is C18H18ClIN2OS. The zero-order valence-corrected chi connectivity index (χ0v) is 17.1. The van der Waals surface area contributed by atoms with E-state index < -0.39 is 0 Å². The van der Waals surface area contributed by atoms with Crippen molar-refractivity contribution < 1.29 is 4.79 Å². The van der Waals surface area contributed by atoms with Crippen LogP contribution in [-0.2, 0) is 0 Å². The van der Waals surface area contributed by atoms with Crippen LogP contribution in [0.1, 0.15) is 42.1 Å². The molecule has 24 heavy (non-hydrogen) atoms. The normalized spacial score (nSPS) is 11.7. The van der Waals surface area contributed by atoms with Gasteiger partial charge in [-0.25, -0.2) is 0 Å². The molecule has 0 aliphatic rings. The first-order valence-electron chi connectivity index (χ1n) is 7.58. The molecule has 0 aliphatic carbocycles. The van der Waals surface area contributed by atoms with Crippen molar-refractivity contribution in [2.45, 2.75) is 26.2 Å². The second kappa shape index (κ2) is 8.78. The van der Waals surface area contributed by atoms with E-state index in [1.165, 1.54) is 5.56 Å². The van der Waals surface area contributed by atoms with Crippen molar-refractivity contribution in [1.82, 2.24) is 5.32 Å². The Bertz CT molecular complexity index is 766. The molecule has 0 aliphatic heterocycles. The van der Waals surface area contributed by atoms with Crippen LogP contribution >= 0.6 is 46.4 Å². The molecule has 0 radical (unpaired) electrons. The zero-order valence-electron chi connectivity index (χ0n) is 13.4. The molecular weight excluding hydrogens is 455 g/mol. The first-order chi connectivity index (χ1) is 11.4. The van der Waals surface area contributed by atoms with Crippen molar-refractivity contribution in [2.24, 2.45) is 0 Å². The van der Waals surface area contributed by atoms with Gasteiger partial charge in [0.25, 0.3) is 5.91 Å². The summed E-state index contributed by atoms with van der Waals surface area (Å²) in [6, 6.07) is 13.2. The lowest BCUT2D eigenvalue weighted by Gasteiger charge is -2.17. The SMILES string of the molecule is CC[C@H](C)c1ccccc1NC(=S)NC(=O)c1cc(I)ccc1Cl. The third-order valence-electron chi connectivity index (χ3n) is 3.75. The van der Waals surface area contributed by atoms with E-state index in [0.717, 1.165) is 15.7 Å². The van der Waals surface area contributed by atoms with Gasteiger partial charge < -0.3 is 5.32 Å². The minimum Gasteiger partial charge on any atom is -0.332 e. The Morgan fingerprint density at radius 2 is 2.00 bits per heavy atom. The molecule has 2 aromatic carbocycles. The molecule has 0 saturated carbocycles. The Kier molecular flexibility index (Phi) is 7.01. The van der Waals surface area contributed by atoms with Crippen molar-refractivity contribution in [3.63, 3.8) is 0 Å². The summed E-state index contributed by atoms with van der Waals surface area (Å²) < 4.78 is 0.933. The minimum absolute atomic E-state index is 0.255. The number of carbonyl (C=O) groups is 1. The van der Waals surface area contributed by atoms with Gasteiger partial charge in [-0.2, -0.15) is 0 Å². The Morgan fingerprint density at radius 1 is 1.29 bits per heavy atom. The zero-order chi connectivity index (χ0) is 17.7. The highest BCUT2D eigenvalue weighted by Crippen LogP contribution is 2.26. The summed E-state index contributed by atoms with van der Waals surface area (Å²) in [5, 5.41) is 6.46. The number of para-hydroxylation sites is 1. The standard InChI is InChI=1S/C18H18ClIN2OS/c1-3-11(2)13-6-4-5-7-16(13)21-18(24)22-17(23)14-10-12(20)8-9-15(14)19/h4-11H,3H2,1-2H3,(H2,21,22,23,24)/t11-/m0/s1. The molecule has 0 saturated heterocycles. The molecule has 3 nitrogen and oxygen atoms in total. The monoisotopic (exact) mass is 472 g/mol. The molecule has 0 heterocycles. The van der Waals surface area contributed by atoms with Gasteiger partial charge in [-0.15, -0.1) is 0 Å². The lowest BCUT2D eigenvalue weighted by Crippen LogP contribution is -2.34. The summed E-state index contributed by atoms with van der Waals surface area (Å²) in [5.41, 5.74) is 2.48. The number of rotatable bonds is 4. The first-order valence-corrected chi connectivity index (χ1v) is 9.45. The Balaban J connectivity index is 2.11. The van der Waals surface area contributed by atoms with Gasteiger partial charge >= 0.3 is 0 Å². The van der Waals surface area contributed by atoms with Crippen LogP contribution in [0.2, 0.25) is 5.02 Å². The minimum atomic E-state index is -0.322. The fourth-order valence-electron chi connectivity index (χ4n) is 2.26. The molecule has 2 aromatic rings.